The van der Waals surface area contributed by atoms with Crippen LogP contribution in [0, 0.1) is 5.82 Å². The smallest absolute Gasteiger partial charge is 0.167 e. The van der Waals surface area contributed by atoms with Crippen LogP contribution in [-0.2, 0) is 0 Å². The number of benzene rings is 1. The number of ether oxygens (including phenoxy) is 1. The molecule has 2 N–H and O–H groups in total. The highest BCUT2D eigenvalue weighted by Crippen LogP contribution is 2.32. The summed E-state index contributed by atoms with van der Waals surface area (Å²) in [7, 11) is 1.46. The van der Waals surface area contributed by atoms with E-state index in [0.717, 1.165) is 18.8 Å². The fourth-order valence-electron chi connectivity index (χ4n) is 1.95. The van der Waals surface area contributed by atoms with Gasteiger partial charge in [0, 0.05) is 25.2 Å². The van der Waals surface area contributed by atoms with E-state index in [1.807, 2.05) is 0 Å². The summed E-state index contributed by atoms with van der Waals surface area (Å²) in [5, 5.41) is 0. The van der Waals surface area contributed by atoms with Gasteiger partial charge in [0.15, 0.2) is 11.6 Å². The van der Waals surface area contributed by atoms with Crippen molar-refractivity contribution in [3.8, 4) is 5.75 Å². The van der Waals surface area contributed by atoms with Gasteiger partial charge in [-0.3, -0.25) is 0 Å². The van der Waals surface area contributed by atoms with Gasteiger partial charge < -0.3 is 15.4 Å². The zero-order valence-corrected chi connectivity index (χ0v) is 8.79. The fourth-order valence-corrected chi connectivity index (χ4v) is 1.95. The van der Waals surface area contributed by atoms with Gasteiger partial charge in [-0.05, 0) is 12.8 Å². The first kappa shape index (κ1) is 10.1. The maximum Gasteiger partial charge on any atom is 0.167 e. The largest absolute Gasteiger partial charge is 0.494 e. The average Bonchev–Trinajstić information content (AvgIpc) is 2.71. The molecular weight excluding hydrogens is 195 g/mol. The zero-order chi connectivity index (χ0) is 10.8. The molecule has 4 heteroatoms. The topological polar surface area (TPSA) is 38.5 Å². The lowest BCUT2D eigenvalue weighted by molar-refractivity contribution is 0.387. The van der Waals surface area contributed by atoms with Crippen molar-refractivity contribution in [1.29, 1.82) is 0 Å². The van der Waals surface area contributed by atoms with Gasteiger partial charge in [-0.25, -0.2) is 4.39 Å². The minimum Gasteiger partial charge on any atom is -0.494 e. The molecule has 0 bridgehead atoms. The van der Waals surface area contributed by atoms with Crippen LogP contribution < -0.4 is 15.4 Å². The molecule has 0 radical (unpaired) electrons. The first-order valence-electron chi connectivity index (χ1n) is 5.10. The molecule has 1 aliphatic heterocycles. The summed E-state index contributed by atoms with van der Waals surface area (Å²) in [5.41, 5.74) is 7.15. The summed E-state index contributed by atoms with van der Waals surface area (Å²) in [5.74, 6) is -0.149. The van der Waals surface area contributed by atoms with Crippen molar-refractivity contribution in [2.45, 2.75) is 12.8 Å². The second kappa shape index (κ2) is 3.96. The second-order valence-corrected chi connectivity index (χ2v) is 3.74. The van der Waals surface area contributed by atoms with Crippen molar-refractivity contribution in [2.24, 2.45) is 0 Å². The first-order chi connectivity index (χ1) is 7.22. The summed E-state index contributed by atoms with van der Waals surface area (Å²) in [4.78, 5) is 2.16. The number of hydrogen-bond donors (Lipinski definition) is 1. The molecule has 15 heavy (non-hydrogen) atoms. The highest BCUT2D eigenvalue weighted by Gasteiger charge is 2.17. The van der Waals surface area contributed by atoms with E-state index < -0.39 is 5.82 Å². The molecule has 0 atom stereocenters. The van der Waals surface area contributed by atoms with E-state index in [-0.39, 0.29) is 5.75 Å². The fraction of sp³-hybridized carbons (Fsp3) is 0.455. The standard InChI is InChI=1S/C11H15FN2O/c1-15-11-7-10(9(13)6-8(11)12)14-4-2-3-5-14/h6-7H,2-5,13H2,1H3. The molecule has 82 valence electrons. The molecule has 0 aromatic heterocycles. The molecule has 3 nitrogen and oxygen atoms in total. The molecule has 1 aromatic rings. The number of methoxy groups -OCH3 is 1. The van der Waals surface area contributed by atoms with E-state index in [0.29, 0.717) is 5.69 Å². The molecule has 1 saturated heterocycles. The third kappa shape index (κ3) is 1.84. The van der Waals surface area contributed by atoms with Crippen LogP contribution in [0.2, 0.25) is 0 Å². The van der Waals surface area contributed by atoms with Gasteiger partial charge in [-0.2, -0.15) is 0 Å². The molecule has 1 heterocycles. The normalized spacial score (nSPS) is 15.7. The van der Waals surface area contributed by atoms with Crippen molar-refractivity contribution < 1.29 is 9.13 Å². The van der Waals surface area contributed by atoms with E-state index >= 15 is 0 Å². The van der Waals surface area contributed by atoms with Crippen LogP contribution in [0.3, 0.4) is 0 Å². The molecule has 0 spiro atoms. The molecule has 1 aliphatic rings. The van der Waals surface area contributed by atoms with Crippen molar-refractivity contribution in [1.82, 2.24) is 0 Å². The van der Waals surface area contributed by atoms with E-state index in [2.05, 4.69) is 4.90 Å². The van der Waals surface area contributed by atoms with Gasteiger partial charge in [-0.15, -0.1) is 0 Å². The predicted molar refractivity (Wildman–Crippen MR) is 58.8 cm³/mol. The van der Waals surface area contributed by atoms with Gasteiger partial charge in [0.05, 0.1) is 18.5 Å². The number of rotatable bonds is 2. The van der Waals surface area contributed by atoms with Crippen LogP contribution in [-0.4, -0.2) is 20.2 Å². The highest BCUT2D eigenvalue weighted by atomic mass is 19.1. The number of nitrogens with two attached hydrogens (primary N) is 1. The van der Waals surface area contributed by atoms with Crippen LogP contribution in [0.5, 0.6) is 5.75 Å². The summed E-state index contributed by atoms with van der Waals surface area (Å²) in [6.07, 6.45) is 2.33. The van der Waals surface area contributed by atoms with Crippen LogP contribution in [0.4, 0.5) is 15.8 Å². The monoisotopic (exact) mass is 210 g/mol. The van der Waals surface area contributed by atoms with Crippen LogP contribution in [0.1, 0.15) is 12.8 Å². The Morgan fingerprint density at radius 1 is 1.33 bits per heavy atom. The maximum absolute atomic E-state index is 13.3. The van der Waals surface area contributed by atoms with Crippen LogP contribution in [0.15, 0.2) is 12.1 Å². The highest BCUT2D eigenvalue weighted by molar-refractivity contribution is 5.70. The van der Waals surface area contributed by atoms with E-state index in [9.17, 15) is 4.39 Å². The average molecular weight is 210 g/mol. The Kier molecular flexibility index (Phi) is 2.66. The molecular formula is C11H15FN2O. The van der Waals surface area contributed by atoms with Gasteiger partial charge in [0.2, 0.25) is 0 Å². The van der Waals surface area contributed by atoms with Gasteiger partial charge >= 0.3 is 0 Å². The Labute approximate surface area is 88.6 Å². The minimum atomic E-state index is -0.405. The zero-order valence-electron chi connectivity index (χ0n) is 8.79. The molecule has 0 amide bonds. The summed E-state index contributed by atoms with van der Waals surface area (Å²) in [6, 6.07) is 3.00. The third-order valence-electron chi connectivity index (χ3n) is 2.75. The predicted octanol–water partition coefficient (Wildman–Crippen LogP) is 2.02. The van der Waals surface area contributed by atoms with Crippen molar-refractivity contribution >= 4 is 11.4 Å². The van der Waals surface area contributed by atoms with Gasteiger partial charge in [0.1, 0.15) is 0 Å². The molecule has 1 aromatic carbocycles. The number of nitrogens with zero attached hydrogens (tertiary/aromatic N) is 1. The van der Waals surface area contributed by atoms with E-state index in [1.54, 1.807) is 6.07 Å². The Hall–Kier alpha value is -1.45. The lowest BCUT2D eigenvalue weighted by atomic mass is 10.2. The second-order valence-electron chi connectivity index (χ2n) is 3.74. The molecule has 0 unspecified atom stereocenters. The number of anilines is 2. The van der Waals surface area contributed by atoms with Gasteiger partial charge in [-0.1, -0.05) is 0 Å². The molecule has 1 fully saturated rings. The number of hydrogen-bond acceptors (Lipinski definition) is 3. The van der Waals surface area contributed by atoms with E-state index in [4.69, 9.17) is 10.5 Å². The SMILES string of the molecule is COc1cc(N2CCCC2)c(N)cc1F. The summed E-state index contributed by atoms with van der Waals surface area (Å²) in [6.45, 7) is 1.97. The summed E-state index contributed by atoms with van der Waals surface area (Å²) < 4.78 is 18.2. The Morgan fingerprint density at radius 3 is 2.60 bits per heavy atom. The summed E-state index contributed by atoms with van der Waals surface area (Å²) >= 11 is 0. The van der Waals surface area contributed by atoms with Crippen LogP contribution >= 0.6 is 0 Å². The van der Waals surface area contributed by atoms with E-state index in [1.165, 1.54) is 26.0 Å². The Bertz CT molecular complexity index is 362. The minimum absolute atomic E-state index is 0.256. The third-order valence-corrected chi connectivity index (χ3v) is 2.75. The number of nitrogen functional groups attached to an aromatic ring is 1. The van der Waals surface area contributed by atoms with Crippen molar-refractivity contribution in [3.63, 3.8) is 0 Å². The molecule has 0 saturated carbocycles. The number of halogens is 1. The van der Waals surface area contributed by atoms with Gasteiger partial charge in [0.25, 0.3) is 0 Å². The Balaban J connectivity index is 2.37. The van der Waals surface area contributed by atoms with Crippen molar-refractivity contribution in [2.75, 3.05) is 30.8 Å². The van der Waals surface area contributed by atoms with Crippen molar-refractivity contribution in [3.05, 3.63) is 17.9 Å². The Morgan fingerprint density at radius 2 is 2.00 bits per heavy atom. The lowest BCUT2D eigenvalue weighted by Crippen LogP contribution is -2.19. The molecule has 0 aliphatic carbocycles. The lowest BCUT2D eigenvalue weighted by Gasteiger charge is -2.20. The maximum atomic E-state index is 13.3. The van der Waals surface area contributed by atoms with Crippen LogP contribution in [0.25, 0.3) is 0 Å². The quantitative estimate of drug-likeness (QED) is 0.759. The molecule has 2 rings (SSSR count). The first-order valence-corrected chi connectivity index (χ1v) is 5.10.